The fourth-order valence-electron chi connectivity index (χ4n) is 2.45. The van der Waals surface area contributed by atoms with Crippen LogP contribution in [0.4, 0.5) is 14.5 Å². The summed E-state index contributed by atoms with van der Waals surface area (Å²) >= 11 is 0. The molecule has 0 saturated heterocycles. The van der Waals surface area contributed by atoms with Crippen molar-refractivity contribution in [1.82, 2.24) is 4.98 Å². The molecule has 10 heteroatoms. The lowest BCUT2D eigenvalue weighted by molar-refractivity contribution is 0.355. The molecule has 27 heavy (non-hydrogen) atoms. The van der Waals surface area contributed by atoms with E-state index in [1.54, 1.807) is 16.9 Å². The summed E-state index contributed by atoms with van der Waals surface area (Å²) in [4.78, 5) is 4.19. The monoisotopic (exact) mass is 396 g/mol. The highest BCUT2D eigenvalue weighted by Crippen LogP contribution is 2.37. The zero-order valence-corrected chi connectivity index (χ0v) is 15.1. The van der Waals surface area contributed by atoms with E-state index in [0.717, 1.165) is 6.07 Å². The SMILES string of the molecule is COc1cc2nccc(Oc3cc(F)c(N[SH](=O)=O)cc3F)c2cc1OC. The minimum Gasteiger partial charge on any atom is -0.493 e. The Bertz CT molecular complexity index is 1080. The molecule has 1 N–H and O–H groups in total. The molecular weight excluding hydrogens is 382 g/mol. The second kappa shape index (κ2) is 7.62. The van der Waals surface area contributed by atoms with Gasteiger partial charge in [-0.15, -0.1) is 0 Å². The summed E-state index contributed by atoms with van der Waals surface area (Å²) in [5, 5.41) is 0.486. The number of thiol groups is 1. The van der Waals surface area contributed by atoms with Crippen molar-refractivity contribution in [3.63, 3.8) is 0 Å². The van der Waals surface area contributed by atoms with E-state index in [4.69, 9.17) is 14.2 Å². The molecule has 0 aliphatic rings. The maximum Gasteiger partial charge on any atom is 0.222 e. The summed E-state index contributed by atoms with van der Waals surface area (Å²) in [5.41, 5.74) is -0.0189. The van der Waals surface area contributed by atoms with E-state index in [-0.39, 0.29) is 5.75 Å². The van der Waals surface area contributed by atoms with Crippen LogP contribution >= 0.6 is 0 Å². The molecule has 2 aromatic carbocycles. The molecule has 0 aliphatic carbocycles. The van der Waals surface area contributed by atoms with E-state index in [1.807, 2.05) is 0 Å². The lowest BCUT2D eigenvalue weighted by atomic mass is 10.2. The Morgan fingerprint density at radius 3 is 2.30 bits per heavy atom. The Morgan fingerprint density at radius 2 is 1.63 bits per heavy atom. The number of ether oxygens (including phenoxy) is 3. The van der Waals surface area contributed by atoms with Gasteiger partial charge in [-0.25, -0.2) is 17.2 Å². The van der Waals surface area contributed by atoms with Gasteiger partial charge in [-0.05, 0) is 12.1 Å². The predicted molar refractivity (Wildman–Crippen MR) is 95.2 cm³/mol. The number of nitrogens with zero attached hydrogens (tertiary/aromatic N) is 1. The Labute approximate surface area is 154 Å². The van der Waals surface area contributed by atoms with E-state index < -0.39 is 34.0 Å². The van der Waals surface area contributed by atoms with Crippen molar-refractivity contribution in [1.29, 1.82) is 0 Å². The van der Waals surface area contributed by atoms with Gasteiger partial charge >= 0.3 is 0 Å². The number of pyridine rings is 1. The van der Waals surface area contributed by atoms with Gasteiger partial charge < -0.3 is 14.2 Å². The number of aromatic nitrogens is 1. The molecule has 0 saturated carbocycles. The normalized spacial score (nSPS) is 10.9. The quantitative estimate of drug-likeness (QED) is 0.622. The number of methoxy groups -OCH3 is 2. The summed E-state index contributed by atoms with van der Waals surface area (Å²) in [6, 6.07) is 6.15. The molecule has 0 atom stereocenters. The van der Waals surface area contributed by atoms with Crippen LogP contribution in [0.25, 0.3) is 10.9 Å². The van der Waals surface area contributed by atoms with Crippen molar-refractivity contribution in [2.75, 3.05) is 18.9 Å². The fraction of sp³-hybridized carbons (Fsp3) is 0.118. The van der Waals surface area contributed by atoms with Crippen molar-refractivity contribution in [2.45, 2.75) is 0 Å². The van der Waals surface area contributed by atoms with Gasteiger partial charge in [0.25, 0.3) is 0 Å². The standard InChI is InChI=1S/C17H14F2N2O5S/c1-24-16-5-9-12(8-17(16)25-2)20-4-3-14(9)26-15-7-10(18)13(6-11(15)19)21-27(22)23/h3-8,27H,1-2H3,(H,21,22,23). The molecule has 0 amide bonds. The molecule has 3 rings (SSSR count). The molecule has 0 bridgehead atoms. The van der Waals surface area contributed by atoms with Crippen LogP contribution in [0.5, 0.6) is 23.0 Å². The minimum atomic E-state index is -3.13. The number of hydrogen-bond acceptors (Lipinski definition) is 6. The largest absolute Gasteiger partial charge is 0.493 e. The molecule has 142 valence electrons. The summed E-state index contributed by atoms with van der Waals surface area (Å²) < 4.78 is 67.3. The topological polar surface area (TPSA) is 86.8 Å². The van der Waals surface area contributed by atoms with Gasteiger partial charge in [0.1, 0.15) is 5.75 Å². The van der Waals surface area contributed by atoms with Crippen LogP contribution < -0.4 is 18.9 Å². The van der Waals surface area contributed by atoms with Crippen LogP contribution in [0, 0.1) is 11.6 Å². The average Bonchev–Trinajstić information content (AvgIpc) is 2.64. The second-order valence-electron chi connectivity index (χ2n) is 5.27. The van der Waals surface area contributed by atoms with Gasteiger partial charge in [0.15, 0.2) is 28.9 Å². The molecule has 0 fully saturated rings. The van der Waals surface area contributed by atoms with Crippen LogP contribution in [0.2, 0.25) is 0 Å². The van der Waals surface area contributed by atoms with Crippen LogP contribution in [0.1, 0.15) is 0 Å². The Morgan fingerprint density at radius 1 is 0.926 bits per heavy atom. The number of anilines is 1. The number of halogens is 2. The van der Waals surface area contributed by atoms with E-state index in [9.17, 15) is 17.2 Å². The van der Waals surface area contributed by atoms with Gasteiger partial charge in [-0.2, -0.15) is 0 Å². The lowest BCUT2D eigenvalue weighted by Gasteiger charge is -2.13. The molecule has 0 spiro atoms. The molecule has 0 aliphatic heterocycles. The van der Waals surface area contributed by atoms with Crippen LogP contribution in [-0.2, 0) is 10.9 Å². The van der Waals surface area contributed by atoms with Crippen LogP contribution in [0.15, 0.2) is 36.5 Å². The Kier molecular flexibility index (Phi) is 5.26. The smallest absolute Gasteiger partial charge is 0.222 e. The number of hydrogen-bond donors (Lipinski definition) is 2. The molecule has 7 nitrogen and oxygen atoms in total. The van der Waals surface area contributed by atoms with Crippen molar-refractivity contribution in [2.24, 2.45) is 0 Å². The molecule has 1 aromatic heterocycles. The highest BCUT2D eigenvalue weighted by molar-refractivity contribution is 7.73. The van der Waals surface area contributed by atoms with Crippen molar-refractivity contribution in [3.8, 4) is 23.0 Å². The third-order valence-electron chi connectivity index (χ3n) is 3.66. The van der Waals surface area contributed by atoms with E-state index in [2.05, 4.69) is 4.98 Å². The van der Waals surface area contributed by atoms with Crippen LogP contribution in [0.3, 0.4) is 0 Å². The zero-order valence-electron chi connectivity index (χ0n) is 14.2. The molecular formula is C17H14F2N2O5S. The first-order valence-corrected chi connectivity index (χ1v) is 8.69. The molecule has 3 aromatic rings. The third kappa shape index (κ3) is 3.85. The molecule has 0 unspecified atom stereocenters. The molecule has 0 radical (unpaired) electrons. The average molecular weight is 396 g/mol. The van der Waals surface area contributed by atoms with E-state index >= 15 is 0 Å². The van der Waals surface area contributed by atoms with Crippen LogP contribution in [-0.4, -0.2) is 27.6 Å². The zero-order chi connectivity index (χ0) is 19.6. The Balaban J connectivity index is 2.05. The fourth-order valence-corrected chi connectivity index (χ4v) is 2.81. The number of nitrogens with one attached hydrogen (secondary N) is 1. The number of rotatable bonds is 6. The van der Waals surface area contributed by atoms with Crippen molar-refractivity contribution in [3.05, 3.63) is 48.2 Å². The van der Waals surface area contributed by atoms with Gasteiger partial charge in [-0.1, -0.05) is 0 Å². The first-order chi connectivity index (χ1) is 12.9. The summed E-state index contributed by atoms with van der Waals surface area (Å²) in [5.74, 6) is -1.27. The maximum absolute atomic E-state index is 14.2. The van der Waals surface area contributed by atoms with E-state index in [0.29, 0.717) is 28.5 Å². The van der Waals surface area contributed by atoms with Crippen molar-refractivity contribution >= 4 is 27.5 Å². The summed E-state index contributed by atoms with van der Waals surface area (Å²) in [6.45, 7) is 0. The summed E-state index contributed by atoms with van der Waals surface area (Å²) in [6.07, 6.45) is 1.44. The van der Waals surface area contributed by atoms with E-state index in [1.165, 1.54) is 26.5 Å². The Hall–Kier alpha value is -3.14. The predicted octanol–water partition coefficient (Wildman–Crippen LogP) is 3.26. The first-order valence-electron chi connectivity index (χ1n) is 7.51. The van der Waals surface area contributed by atoms with Gasteiger partial charge in [0.2, 0.25) is 10.9 Å². The molecule has 1 heterocycles. The lowest BCUT2D eigenvalue weighted by Crippen LogP contribution is -2.00. The second-order valence-corrected chi connectivity index (χ2v) is 6.00. The highest BCUT2D eigenvalue weighted by atomic mass is 32.2. The minimum absolute atomic E-state index is 0.204. The van der Waals surface area contributed by atoms with Gasteiger partial charge in [0, 0.05) is 29.8 Å². The number of fused-ring (bicyclic) bond motifs is 1. The third-order valence-corrected chi connectivity index (χ3v) is 4.08. The number of benzene rings is 2. The van der Waals surface area contributed by atoms with Crippen molar-refractivity contribution < 1.29 is 31.4 Å². The summed E-state index contributed by atoms with van der Waals surface area (Å²) in [7, 11) is -0.189. The maximum atomic E-state index is 14.2. The van der Waals surface area contributed by atoms with Gasteiger partial charge in [0.05, 0.1) is 25.4 Å². The first kappa shape index (κ1) is 18.6. The highest BCUT2D eigenvalue weighted by Gasteiger charge is 2.15. The van der Waals surface area contributed by atoms with Gasteiger partial charge in [-0.3, -0.25) is 9.71 Å².